The molecule has 2 aliphatic heterocycles. The number of aromatic nitrogens is 1. The molecule has 0 radical (unpaired) electrons. The van der Waals surface area contributed by atoms with Crippen LogP contribution in [0.2, 0.25) is 0 Å². The monoisotopic (exact) mass is 280 g/mol. The van der Waals surface area contributed by atoms with Gasteiger partial charge in [0.1, 0.15) is 10.7 Å². The second kappa shape index (κ2) is 5.36. The van der Waals surface area contributed by atoms with Crippen molar-refractivity contribution in [1.29, 1.82) is 0 Å². The zero-order valence-electron chi connectivity index (χ0n) is 11.1. The van der Waals surface area contributed by atoms with Gasteiger partial charge in [-0.05, 0) is 32.1 Å². The number of hydrogen-bond acceptors (Lipinski definition) is 5. The summed E-state index contributed by atoms with van der Waals surface area (Å²) in [4.78, 5) is 21.6. The second-order valence-corrected chi connectivity index (χ2v) is 6.24. The minimum absolute atomic E-state index is 0.0696. The summed E-state index contributed by atoms with van der Waals surface area (Å²) >= 11 is 1.46. The molecule has 1 amide bonds. The van der Waals surface area contributed by atoms with Crippen LogP contribution < -0.4 is 10.6 Å². The SMILES string of the molecule is Nc1nc(N2CCCC2)sc1C(=O)N1CCCCC1. The minimum atomic E-state index is 0.0696. The largest absolute Gasteiger partial charge is 0.382 e. The Hall–Kier alpha value is -1.30. The van der Waals surface area contributed by atoms with Crippen molar-refractivity contribution in [3.8, 4) is 0 Å². The lowest BCUT2D eigenvalue weighted by molar-refractivity contribution is 0.0730. The summed E-state index contributed by atoms with van der Waals surface area (Å²) in [5, 5.41) is 0.912. The molecule has 1 aromatic heterocycles. The lowest BCUT2D eigenvalue weighted by atomic mass is 10.1. The van der Waals surface area contributed by atoms with Crippen molar-refractivity contribution in [2.45, 2.75) is 32.1 Å². The van der Waals surface area contributed by atoms with Crippen LogP contribution in [0, 0.1) is 0 Å². The Morgan fingerprint density at radius 1 is 1.05 bits per heavy atom. The molecular formula is C13H20N4OS. The number of thiazole rings is 1. The van der Waals surface area contributed by atoms with Gasteiger partial charge in [0.2, 0.25) is 0 Å². The van der Waals surface area contributed by atoms with Crippen LogP contribution in [0.4, 0.5) is 10.9 Å². The lowest BCUT2D eigenvalue weighted by Gasteiger charge is -2.26. The number of carbonyl (C=O) groups excluding carboxylic acids is 1. The number of hydrogen-bond donors (Lipinski definition) is 1. The van der Waals surface area contributed by atoms with E-state index in [0.717, 1.165) is 44.2 Å². The van der Waals surface area contributed by atoms with Crippen molar-refractivity contribution in [3.63, 3.8) is 0 Å². The predicted molar refractivity (Wildman–Crippen MR) is 77.7 cm³/mol. The summed E-state index contributed by atoms with van der Waals surface area (Å²) in [6, 6.07) is 0. The van der Waals surface area contributed by atoms with Crippen molar-refractivity contribution in [1.82, 2.24) is 9.88 Å². The molecular weight excluding hydrogens is 260 g/mol. The van der Waals surface area contributed by atoms with Crippen LogP contribution in [-0.4, -0.2) is 42.0 Å². The van der Waals surface area contributed by atoms with E-state index in [1.165, 1.54) is 30.6 Å². The summed E-state index contributed by atoms with van der Waals surface area (Å²) in [6.45, 7) is 3.78. The molecule has 3 rings (SSSR count). The van der Waals surface area contributed by atoms with E-state index in [-0.39, 0.29) is 5.91 Å². The first kappa shape index (κ1) is 12.7. The first-order chi connectivity index (χ1) is 9.25. The number of rotatable bonds is 2. The highest BCUT2D eigenvalue weighted by atomic mass is 32.1. The number of likely N-dealkylation sites (tertiary alicyclic amines) is 1. The van der Waals surface area contributed by atoms with Crippen LogP contribution in [0.5, 0.6) is 0 Å². The molecule has 6 heteroatoms. The third-order valence-electron chi connectivity index (χ3n) is 3.86. The maximum Gasteiger partial charge on any atom is 0.267 e. The summed E-state index contributed by atoms with van der Waals surface area (Å²) in [5.41, 5.74) is 5.94. The fourth-order valence-corrected chi connectivity index (χ4v) is 3.76. The van der Waals surface area contributed by atoms with E-state index < -0.39 is 0 Å². The van der Waals surface area contributed by atoms with E-state index in [9.17, 15) is 4.79 Å². The van der Waals surface area contributed by atoms with Crippen molar-refractivity contribution in [2.75, 3.05) is 36.8 Å². The highest BCUT2D eigenvalue weighted by Gasteiger charge is 2.25. The van der Waals surface area contributed by atoms with Gasteiger partial charge in [-0.25, -0.2) is 4.98 Å². The molecule has 0 unspecified atom stereocenters. The standard InChI is InChI=1S/C13H20N4OS/c14-11-10(12(18)16-6-2-1-3-7-16)19-13(15-11)17-8-4-5-9-17/h1-9,14H2. The van der Waals surface area contributed by atoms with Crippen LogP contribution in [0.1, 0.15) is 41.8 Å². The summed E-state index contributed by atoms with van der Waals surface area (Å²) < 4.78 is 0. The molecule has 0 saturated carbocycles. The zero-order valence-corrected chi connectivity index (χ0v) is 11.9. The average Bonchev–Trinajstić information content (AvgIpc) is 3.08. The Labute approximate surface area is 117 Å². The van der Waals surface area contributed by atoms with Gasteiger partial charge < -0.3 is 15.5 Å². The number of piperidine rings is 1. The Balaban J connectivity index is 1.77. The normalized spacial score (nSPS) is 20.0. The van der Waals surface area contributed by atoms with Gasteiger partial charge in [0.15, 0.2) is 5.13 Å². The molecule has 2 fully saturated rings. The van der Waals surface area contributed by atoms with Crippen molar-refractivity contribution in [2.24, 2.45) is 0 Å². The van der Waals surface area contributed by atoms with Crippen LogP contribution in [0.15, 0.2) is 0 Å². The summed E-state index contributed by atoms with van der Waals surface area (Å²) in [6.07, 6.45) is 5.83. The molecule has 1 aromatic rings. The molecule has 2 N–H and O–H groups in total. The molecule has 0 aromatic carbocycles. The fourth-order valence-electron chi connectivity index (χ4n) is 2.76. The first-order valence-electron chi connectivity index (χ1n) is 7.06. The van der Waals surface area contributed by atoms with Gasteiger partial charge >= 0.3 is 0 Å². The van der Waals surface area contributed by atoms with E-state index in [1.54, 1.807) is 0 Å². The third kappa shape index (κ3) is 2.54. The Morgan fingerprint density at radius 2 is 1.68 bits per heavy atom. The number of anilines is 2. The zero-order chi connectivity index (χ0) is 13.2. The average molecular weight is 280 g/mol. The molecule has 0 spiro atoms. The molecule has 0 aliphatic carbocycles. The van der Waals surface area contributed by atoms with Gasteiger partial charge in [-0.1, -0.05) is 11.3 Å². The Bertz CT molecular complexity index is 461. The molecule has 0 bridgehead atoms. The highest BCUT2D eigenvalue weighted by Crippen LogP contribution is 2.31. The Kier molecular flexibility index (Phi) is 3.59. The topological polar surface area (TPSA) is 62.5 Å². The fraction of sp³-hybridized carbons (Fsp3) is 0.692. The predicted octanol–water partition coefficient (Wildman–Crippen LogP) is 1.95. The second-order valence-electron chi connectivity index (χ2n) is 5.26. The van der Waals surface area contributed by atoms with Gasteiger partial charge in [0.05, 0.1) is 0 Å². The number of nitrogens with two attached hydrogens (primary N) is 1. The molecule has 0 atom stereocenters. The van der Waals surface area contributed by atoms with Gasteiger partial charge in [-0.15, -0.1) is 0 Å². The van der Waals surface area contributed by atoms with E-state index in [0.29, 0.717) is 10.7 Å². The maximum atomic E-state index is 12.4. The minimum Gasteiger partial charge on any atom is -0.382 e. The molecule has 3 heterocycles. The molecule has 5 nitrogen and oxygen atoms in total. The smallest absolute Gasteiger partial charge is 0.267 e. The van der Waals surface area contributed by atoms with Crippen LogP contribution in [0.3, 0.4) is 0 Å². The van der Waals surface area contributed by atoms with Crippen LogP contribution in [0.25, 0.3) is 0 Å². The Morgan fingerprint density at radius 3 is 2.37 bits per heavy atom. The van der Waals surface area contributed by atoms with Gasteiger partial charge in [-0.2, -0.15) is 0 Å². The summed E-state index contributed by atoms with van der Waals surface area (Å²) in [7, 11) is 0. The van der Waals surface area contributed by atoms with Crippen LogP contribution in [-0.2, 0) is 0 Å². The summed E-state index contributed by atoms with van der Waals surface area (Å²) in [5.74, 6) is 0.475. The van der Waals surface area contributed by atoms with Crippen molar-refractivity contribution < 1.29 is 4.79 Å². The van der Waals surface area contributed by atoms with E-state index in [2.05, 4.69) is 9.88 Å². The quantitative estimate of drug-likeness (QED) is 0.899. The molecule has 19 heavy (non-hydrogen) atoms. The van der Waals surface area contributed by atoms with E-state index in [4.69, 9.17) is 5.73 Å². The first-order valence-corrected chi connectivity index (χ1v) is 7.88. The molecule has 104 valence electrons. The van der Waals surface area contributed by atoms with Crippen molar-refractivity contribution >= 4 is 28.2 Å². The van der Waals surface area contributed by atoms with Crippen LogP contribution >= 0.6 is 11.3 Å². The lowest BCUT2D eigenvalue weighted by Crippen LogP contribution is -2.35. The third-order valence-corrected chi connectivity index (χ3v) is 4.98. The highest BCUT2D eigenvalue weighted by molar-refractivity contribution is 7.18. The van der Waals surface area contributed by atoms with Gasteiger partial charge in [0, 0.05) is 26.2 Å². The van der Waals surface area contributed by atoms with Gasteiger partial charge in [0.25, 0.3) is 5.91 Å². The maximum absolute atomic E-state index is 12.4. The van der Waals surface area contributed by atoms with Crippen molar-refractivity contribution in [3.05, 3.63) is 4.88 Å². The molecule has 2 saturated heterocycles. The number of nitrogens with zero attached hydrogens (tertiary/aromatic N) is 3. The van der Waals surface area contributed by atoms with Gasteiger partial charge in [-0.3, -0.25) is 4.79 Å². The number of nitrogen functional groups attached to an aromatic ring is 1. The molecule has 2 aliphatic rings. The number of amides is 1. The van der Waals surface area contributed by atoms with E-state index >= 15 is 0 Å². The number of carbonyl (C=O) groups is 1. The van der Waals surface area contributed by atoms with E-state index in [1.807, 2.05) is 4.90 Å².